The zero-order valence-electron chi connectivity index (χ0n) is 20.0. The highest BCUT2D eigenvalue weighted by Crippen LogP contribution is 2.30. The van der Waals surface area contributed by atoms with E-state index < -0.39 is 22.5 Å². The Kier molecular flexibility index (Phi) is 9.08. The molecule has 0 aliphatic carbocycles. The second-order valence-electron chi connectivity index (χ2n) is 8.17. The van der Waals surface area contributed by atoms with Crippen molar-refractivity contribution >= 4 is 39.1 Å². The molecule has 0 unspecified atom stereocenters. The van der Waals surface area contributed by atoms with Crippen LogP contribution in [0.2, 0.25) is 5.02 Å². The first kappa shape index (κ1) is 27.2. The SMILES string of the molecule is Cc1ccc(S(=O)(=O)N(CC(=O)NCc2cccc(C(=O)NCCO)c2)c2cccc(Cl)c2C)cc1. The van der Waals surface area contributed by atoms with Crippen LogP contribution in [0.15, 0.2) is 71.6 Å². The summed E-state index contributed by atoms with van der Waals surface area (Å²) < 4.78 is 28.2. The summed E-state index contributed by atoms with van der Waals surface area (Å²) >= 11 is 6.26. The van der Waals surface area contributed by atoms with Gasteiger partial charge in [-0.25, -0.2) is 8.42 Å². The van der Waals surface area contributed by atoms with E-state index in [1.807, 2.05) is 6.92 Å². The number of anilines is 1. The third-order valence-electron chi connectivity index (χ3n) is 5.48. The van der Waals surface area contributed by atoms with E-state index in [2.05, 4.69) is 10.6 Å². The molecule has 8 nitrogen and oxygen atoms in total. The second kappa shape index (κ2) is 12.0. The molecule has 3 rings (SSSR count). The molecular weight excluding hydrogens is 502 g/mol. The van der Waals surface area contributed by atoms with Crippen LogP contribution in [-0.2, 0) is 21.4 Å². The predicted octanol–water partition coefficient (Wildman–Crippen LogP) is 3.19. The summed E-state index contributed by atoms with van der Waals surface area (Å²) in [5.41, 5.74) is 2.79. The number of halogens is 1. The fourth-order valence-corrected chi connectivity index (χ4v) is 5.13. The van der Waals surface area contributed by atoms with E-state index in [1.54, 1.807) is 61.5 Å². The smallest absolute Gasteiger partial charge is 0.264 e. The molecule has 36 heavy (non-hydrogen) atoms. The summed E-state index contributed by atoms with van der Waals surface area (Å²) in [6.07, 6.45) is 0. The molecule has 3 aromatic rings. The van der Waals surface area contributed by atoms with Gasteiger partial charge in [0.2, 0.25) is 5.91 Å². The number of rotatable bonds is 10. The number of carbonyl (C=O) groups is 2. The van der Waals surface area contributed by atoms with Gasteiger partial charge in [0.1, 0.15) is 6.54 Å². The first-order valence-electron chi connectivity index (χ1n) is 11.2. The molecule has 3 N–H and O–H groups in total. The van der Waals surface area contributed by atoms with Gasteiger partial charge in [-0.05, 0) is 61.4 Å². The van der Waals surface area contributed by atoms with Crippen molar-refractivity contribution in [3.63, 3.8) is 0 Å². The molecule has 0 saturated heterocycles. The summed E-state index contributed by atoms with van der Waals surface area (Å²) in [5.74, 6) is -0.871. The fourth-order valence-electron chi connectivity index (χ4n) is 3.48. The maximum atomic E-state index is 13.6. The van der Waals surface area contributed by atoms with Crippen LogP contribution in [0.25, 0.3) is 0 Å². The predicted molar refractivity (Wildman–Crippen MR) is 140 cm³/mol. The Morgan fingerprint density at radius 3 is 2.36 bits per heavy atom. The zero-order valence-corrected chi connectivity index (χ0v) is 21.6. The van der Waals surface area contributed by atoms with Crippen LogP contribution in [-0.4, -0.2) is 45.0 Å². The maximum Gasteiger partial charge on any atom is 0.264 e. The summed E-state index contributed by atoms with van der Waals surface area (Å²) in [4.78, 5) is 25.1. The Morgan fingerprint density at radius 1 is 0.972 bits per heavy atom. The third-order valence-corrected chi connectivity index (χ3v) is 7.66. The molecule has 0 spiro atoms. The molecule has 2 amide bonds. The highest BCUT2D eigenvalue weighted by atomic mass is 35.5. The molecule has 10 heteroatoms. The van der Waals surface area contributed by atoms with Gasteiger partial charge in [0, 0.05) is 23.7 Å². The summed E-state index contributed by atoms with van der Waals surface area (Å²) in [6, 6.07) is 17.9. The van der Waals surface area contributed by atoms with Gasteiger partial charge in [-0.15, -0.1) is 0 Å². The first-order valence-corrected chi connectivity index (χ1v) is 13.0. The average molecular weight is 530 g/mol. The van der Waals surface area contributed by atoms with Gasteiger partial charge >= 0.3 is 0 Å². The van der Waals surface area contributed by atoms with Crippen molar-refractivity contribution in [3.8, 4) is 0 Å². The molecule has 0 heterocycles. The number of hydrogen-bond acceptors (Lipinski definition) is 5. The summed E-state index contributed by atoms with van der Waals surface area (Å²) in [5, 5.41) is 14.6. The molecule has 0 aliphatic heterocycles. The molecule has 0 radical (unpaired) electrons. The number of nitrogens with one attached hydrogen (secondary N) is 2. The van der Waals surface area contributed by atoms with Crippen LogP contribution in [0.3, 0.4) is 0 Å². The van der Waals surface area contributed by atoms with Gasteiger partial charge in [-0.3, -0.25) is 13.9 Å². The highest BCUT2D eigenvalue weighted by Gasteiger charge is 2.28. The zero-order chi connectivity index (χ0) is 26.3. The van der Waals surface area contributed by atoms with Crippen molar-refractivity contribution in [3.05, 3.63) is 94.0 Å². The van der Waals surface area contributed by atoms with E-state index in [4.69, 9.17) is 16.7 Å². The molecule has 0 aliphatic rings. The molecule has 0 fully saturated rings. The summed E-state index contributed by atoms with van der Waals surface area (Å²) in [6.45, 7) is 3.14. The number of nitrogens with zero attached hydrogens (tertiary/aromatic N) is 1. The van der Waals surface area contributed by atoms with E-state index in [0.717, 1.165) is 9.87 Å². The van der Waals surface area contributed by atoms with Crippen LogP contribution in [0.5, 0.6) is 0 Å². The largest absolute Gasteiger partial charge is 0.395 e. The quantitative estimate of drug-likeness (QED) is 0.373. The van der Waals surface area contributed by atoms with Crippen molar-refractivity contribution in [2.75, 3.05) is 24.0 Å². The van der Waals surface area contributed by atoms with Gasteiger partial charge < -0.3 is 15.7 Å². The monoisotopic (exact) mass is 529 g/mol. The van der Waals surface area contributed by atoms with Gasteiger partial charge in [-0.2, -0.15) is 0 Å². The molecule has 0 saturated carbocycles. The number of sulfonamides is 1. The lowest BCUT2D eigenvalue weighted by Crippen LogP contribution is -2.41. The lowest BCUT2D eigenvalue weighted by molar-refractivity contribution is -0.119. The van der Waals surface area contributed by atoms with Crippen LogP contribution in [0.1, 0.15) is 27.0 Å². The van der Waals surface area contributed by atoms with Gasteiger partial charge in [0.15, 0.2) is 0 Å². The second-order valence-corrected chi connectivity index (χ2v) is 10.4. The molecule has 3 aromatic carbocycles. The topological polar surface area (TPSA) is 116 Å². The highest BCUT2D eigenvalue weighted by molar-refractivity contribution is 7.92. The number of benzene rings is 3. The van der Waals surface area contributed by atoms with Crippen molar-refractivity contribution in [2.24, 2.45) is 0 Å². The van der Waals surface area contributed by atoms with Crippen LogP contribution >= 0.6 is 11.6 Å². The number of hydrogen-bond donors (Lipinski definition) is 3. The number of amides is 2. The molecule has 190 valence electrons. The molecule has 0 bridgehead atoms. The Hall–Kier alpha value is -3.40. The minimum absolute atomic E-state index is 0.0573. The number of carbonyl (C=O) groups excluding carboxylic acids is 2. The number of aliphatic hydroxyl groups is 1. The normalized spacial score (nSPS) is 11.1. The van der Waals surface area contributed by atoms with Crippen molar-refractivity contribution in [1.82, 2.24) is 10.6 Å². The molecule has 0 aromatic heterocycles. The molecular formula is C26H28ClN3O5S. The van der Waals surface area contributed by atoms with Gasteiger partial charge in [0.25, 0.3) is 15.9 Å². The standard InChI is InChI=1S/C26H28ClN3O5S/c1-18-9-11-22(12-10-18)36(34,35)30(24-8-4-7-23(27)19(24)2)17-25(32)29-16-20-5-3-6-21(15-20)26(33)28-13-14-31/h3-12,15,31H,13-14,16-17H2,1-2H3,(H,28,33)(H,29,32). The lowest BCUT2D eigenvalue weighted by atomic mass is 10.1. The van der Waals surface area contributed by atoms with E-state index in [-0.39, 0.29) is 30.5 Å². The van der Waals surface area contributed by atoms with E-state index in [9.17, 15) is 18.0 Å². The van der Waals surface area contributed by atoms with Gasteiger partial charge in [0.05, 0.1) is 17.2 Å². The minimum atomic E-state index is -4.07. The number of aryl methyl sites for hydroxylation is 1. The van der Waals surface area contributed by atoms with Crippen molar-refractivity contribution < 1.29 is 23.1 Å². The van der Waals surface area contributed by atoms with Crippen LogP contribution < -0.4 is 14.9 Å². The fraction of sp³-hybridized carbons (Fsp3) is 0.231. The van der Waals surface area contributed by atoms with Crippen molar-refractivity contribution in [2.45, 2.75) is 25.3 Å². The van der Waals surface area contributed by atoms with Crippen LogP contribution in [0, 0.1) is 13.8 Å². The number of aliphatic hydroxyl groups excluding tert-OH is 1. The van der Waals surface area contributed by atoms with Crippen molar-refractivity contribution in [1.29, 1.82) is 0 Å². The van der Waals surface area contributed by atoms with E-state index in [0.29, 0.717) is 27.4 Å². The Bertz CT molecular complexity index is 1340. The third kappa shape index (κ3) is 6.63. The maximum absolute atomic E-state index is 13.6. The van der Waals surface area contributed by atoms with E-state index >= 15 is 0 Å². The molecule has 0 atom stereocenters. The first-order chi connectivity index (χ1) is 17.1. The minimum Gasteiger partial charge on any atom is -0.395 e. The van der Waals surface area contributed by atoms with Gasteiger partial charge in [-0.1, -0.05) is 47.5 Å². The Balaban J connectivity index is 1.82. The Labute approximate surface area is 216 Å². The lowest BCUT2D eigenvalue weighted by Gasteiger charge is -2.26. The van der Waals surface area contributed by atoms with E-state index in [1.165, 1.54) is 12.1 Å². The Morgan fingerprint density at radius 2 is 1.67 bits per heavy atom. The average Bonchev–Trinajstić information content (AvgIpc) is 2.87. The van der Waals surface area contributed by atoms with Crippen LogP contribution in [0.4, 0.5) is 5.69 Å². The summed E-state index contributed by atoms with van der Waals surface area (Å²) in [7, 11) is -4.07.